The third-order valence-electron chi connectivity index (χ3n) is 9.95. The number of aromatic nitrogens is 4. The fraction of sp³-hybridized carbons (Fsp3) is 0.432. The van der Waals surface area contributed by atoms with E-state index < -0.39 is 21.5 Å². The molecule has 6 rings (SSSR count). The van der Waals surface area contributed by atoms with Crippen LogP contribution in [-0.2, 0) is 16.6 Å². The summed E-state index contributed by atoms with van der Waals surface area (Å²) < 4.78 is 35.8. The molecule has 0 aliphatic heterocycles. The van der Waals surface area contributed by atoms with Crippen LogP contribution in [0.25, 0.3) is 11.3 Å². The first-order valence-corrected chi connectivity index (χ1v) is 18.4. The minimum absolute atomic E-state index is 0. The summed E-state index contributed by atoms with van der Waals surface area (Å²) in [6.07, 6.45) is 9.91. The maximum atomic E-state index is 13.5. The number of nitrogens with zero attached hydrogens (tertiary/aromatic N) is 5. The van der Waals surface area contributed by atoms with Crippen molar-refractivity contribution in [3.05, 3.63) is 83.3 Å². The lowest BCUT2D eigenvalue weighted by atomic mass is 9.88. The number of hydrogen-bond acceptors (Lipinski definition) is 10. The van der Waals surface area contributed by atoms with Gasteiger partial charge in [-0.05, 0) is 87.1 Å². The van der Waals surface area contributed by atoms with E-state index in [1.54, 1.807) is 12.3 Å². The molecule has 272 valence electrons. The van der Waals surface area contributed by atoms with Gasteiger partial charge in [0.25, 0.3) is 10.0 Å². The first-order valence-electron chi connectivity index (χ1n) is 17.0. The number of carbonyl (C=O) groups is 1. The molecule has 2 fully saturated rings. The van der Waals surface area contributed by atoms with Crippen LogP contribution in [0.15, 0.2) is 65.8 Å². The van der Waals surface area contributed by atoms with Crippen LogP contribution in [0.3, 0.4) is 0 Å². The summed E-state index contributed by atoms with van der Waals surface area (Å²) in [6, 6.07) is 13.3. The molecule has 2 aromatic carbocycles. The number of aromatic carboxylic acids is 1. The van der Waals surface area contributed by atoms with Crippen molar-refractivity contribution in [2.24, 2.45) is 5.41 Å². The van der Waals surface area contributed by atoms with Crippen molar-refractivity contribution in [1.29, 1.82) is 0 Å². The number of ether oxygens (including phenoxy) is 1. The SMILES string of the molecule is Cc1cccc(C)c1-c1cc(OCC2(NCc3cncc(N(C)C4CCC4)n3)CCC(C)(C)C2)nc(NS(=O)(=O)c2cccc(C(=O)O)c2)n1.Cl. The maximum Gasteiger partial charge on any atom is 0.335 e. The molecule has 0 amide bonds. The van der Waals surface area contributed by atoms with Gasteiger partial charge < -0.3 is 20.1 Å². The third-order valence-corrected chi connectivity index (χ3v) is 11.3. The molecule has 2 aliphatic rings. The summed E-state index contributed by atoms with van der Waals surface area (Å²) in [4.78, 5) is 32.0. The van der Waals surface area contributed by atoms with Gasteiger partial charge in [-0.15, -0.1) is 12.4 Å². The normalized spacial score (nSPS) is 18.4. The number of hydrogen-bond donors (Lipinski definition) is 3. The Bertz CT molecular complexity index is 1990. The number of halogens is 1. The average Bonchev–Trinajstić information content (AvgIpc) is 3.36. The average molecular weight is 736 g/mol. The van der Waals surface area contributed by atoms with Crippen LogP contribution in [0.2, 0.25) is 0 Å². The van der Waals surface area contributed by atoms with Gasteiger partial charge >= 0.3 is 5.97 Å². The second-order valence-electron chi connectivity index (χ2n) is 14.4. The van der Waals surface area contributed by atoms with Crippen molar-refractivity contribution < 1.29 is 23.1 Å². The summed E-state index contributed by atoms with van der Waals surface area (Å²) >= 11 is 0. The van der Waals surface area contributed by atoms with E-state index in [9.17, 15) is 18.3 Å². The minimum Gasteiger partial charge on any atom is -0.478 e. The van der Waals surface area contributed by atoms with Gasteiger partial charge in [-0.3, -0.25) is 4.98 Å². The predicted molar refractivity (Wildman–Crippen MR) is 199 cm³/mol. The molecule has 51 heavy (non-hydrogen) atoms. The van der Waals surface area contributed by atoms with Gasteiger partial charge in [0.05, 0.1) is 33.6 Å². The number of aryl methyl sites for hydroxylation is 2. The van der Waals surface area contributed by atoms with Crippen molar-refractivity contribution in [3.8, 4) is 17.1 Å². The number of carboxylic acids is 1. The molecule has 2 saturated carbocycles. The second kappa shape index (κ2) is 15.1. The van der Waals surface area contributed by atoms with Crippen molar-refractivity contribution >= 4 is 40.2 Å². The Kier molecular flexibility index (Phi) is 11.2. The molecule has 14 heteroatoms. The molecule has 0 bridgehead atoms. The van der Waals surface area contributed by atoms with Crippen molar-refractivity contribution in [2.45, 2.75) is 89.2 Å². The van der Waals surface area contributed by atoms with Crippen LogP contribution in [0.1, 0.15) is 79.6 Å². The van der Waals surface area contributed by atoms with Crippen LogP contribution in [0.4, 0.5) is 11.8 Å². The molecule has 1 atom stereocenters. The van der Waals surface area contributed by atoms with Crippen LogP contribution in [-0.4, -0.2) is 64.7 Å². The highest BCUT2D eigenvalue weighted by molar-refractivity contribution is 7.92. The molecule has 1 unspecified atom stereocenters. The molecule has 0 radical (unpaired) electrons. The number of anilines is 2. The Balaban J connectivity index is 0.00000504. The summed E-state index contributed by atoms with van der Waals surface area (Å²) in [5.74, 6) is -0.332. The highest BCUT2D eigenvalue weighted by Crippen LogP contribution is 2.44. The van der Waals surface area contributed by atoms with Gasteiger partial charge in [0.2, 0.25) is 11.8 Å². The van der Waals surface area contributed by atoms with Crippen molar-refractivity contribution in [2.75, 3.05) is 23.3 Å². The molecule has 0 spiro atoms. The topological polar surface area (TPSA) is 160 Å². The van der Waals surface area contributed by atoms with E-state index in [4.69, 9.17) is 9.72 Å². The number of benzene rings is 2. The Hall–Kier alpha value is -4.33. The molecular formula is C37H46ClN7O5S. The van der Waals surface area contributed by atoms with E-state index in [2.05, 4.69) is 50.8 Å². The summed E-state index contributed by atoms with van der Waals surface area (Å²) in [5, 5.41) is 13.2. The molecule has 0 saturated heterocycles. The van der Waals surface area contributed by atoms with E-state index >= 15 is 0 Å². The Morgan fingerprint density at radius 3 is 2.39 bits per heavy atom. The van der Waals surface area contributed by atoms with E-state index in [1.165, 1.54) is 37.5 Å². The number of sulfonamides is 1. The van der Waals surface area contributed by atoms with Crippen LogP contribution < -0.4 is 19.7 Å². The molecule has 4 aromatic rings. The number of rotatable bonds is 13. The van der Waals surface area contributed by atoms with Crippen molar-refractivity contribution in [1.82, 2.24) is 25.3 Å². The quantitative estimate of drug-likeness (QED) is 0.136. The van der Waals surface area contributed by atoms with Gasteiger partial charge in [0, 0.05) is 37.5 Å². The molecular weight excluding hydrogens is 690 g/mol. The van der Waals surface area contributed by atoms with Gasteiger partial charge in [-0.25, -0.2) is 27.9 Å². The molecule has 2 aliphatic carbocycles. The lowest BCUT2D eigenvalue weighted by molar-refractivity contribution is 0.0696. The summed E-state index contributed by atoms with van der Waals surface area (Å²) in [5.41, 5.74) is 3.63. The predicted octanol–water partition coefficient (Wildman–Crippen LogP) is 6.58. The Morgan fingerprint density at radius 1 is 1.02 bits per heavy atom. The largest absolute Gasteiger partial charge is 0.478 e. The van der Waals surface area contributed by atoms with E-state index in [0.717, 1.165) is 53.5 Å². The van der Waals surface area contributed by atoms with Gasteiger partial charge in [0.1, 0.15) is 12.4 Å². The second-order valence-corrected chi connectivity index (χ2v) is 16.1. The highest BCUT2D eigenvalue weighted by Gasteiger charge is 2.44. The highest BCUT2D eigenvalue weighted by atomic mass is 35.5. The Morgan fingerprint density at radius 2 is 1.75 bits per heavy atom. The molecule has 3 N–H and O–H groups in total. The van der Waals surface area contributed by atoms with Crippen molar-refractivity contribution in [3.63, 3.8) is 0 Å². The molecule has 2 aromatic heterocycles. The van der Waals surface area contributed by atoms with E-state index in [0.29, 0.717) is 18.3 Å². The van der Waals surface area contributed by atoms with Crippen LogP contribution in [0.5, 0.6) is 5.88 Å². The number of carboxylic acid groups (broad SMARTS) is 1. The zero-order chi connectivity index (χ0) is 35.7. The zero-order valence-electron chi connectivity index (χ0n) is 29.6. The smallest absolute Gasteiger partial charge is 0.335 e. The summed E-state index contributed by atoms with van der Waals surface area (Å²) in [7, 11) is -2.16. The van der Waals surface area contributed by atoms with E-state index in [1.807, 2.05) is 38.2 Å². The van der Waals surface area contributed by atoms with Crippen LogP contribution >= 0.6 is 12.4 Å². The first-order chi connectivity index (χ1) is 23.7. The van der Waals surface area contributed by atoms with Gasteiger partial charge in [0.15, 0.2) is 0 Å². The van der Waals surface area contributed by atoms with Gasteiger partial charge in [-0.1, -0.05) is 38.1 Å². The first kappa shape index (κ1) is 37.9. The van der Waals surface area contributed by atoms with E-state index in [-0.39, 0.29) is 46.7 Å². The standard InChI is InChI=1S/C37H45N7O5S.ClH/c1-24-9-6-10-25(2)33(24)30-18-32(42-35(41-30)43-50(47,48)29-14-7-11-26(17-29)34(45)46)49-23-37(16-15-36(3,4)22-37)39-20-27-19-38-21-31(40-27)44(5)28-12-8-13-28;/h6-7,9-11,14,17-19,21,28,39H,8,12-13,15-16,20,22-23H2,1-5H3,(H,45,46)(H,41,42,43);1H. The molecule has 2 heterocycles. The fourth-order valence-corrected chi connectivity index (χ4v) is 7.95. The monoisotopic (exact) mass is 735 g/mol. The lowest BCUT2D eigenvalue weighted by Gasteiger charge is -2.35. The third kappa shape index (κ3) is 8.77. The fourth-order valence-electron chi connectivity index (χ4n) is 6.96. The minimum atomic E-state index is -4.24. The Labute approximate surface area is 306 Å². The van der Waals surface area contributed by atoms with Gasteiger partial charge in [-0.2, -0.15) is 4.98 Å². The zero-order valence-corrected chi connectivity index (χ0v) is 31.3. The molecule has 12 nitrogen and oxygen atoms in total. The lowest BCUT2D eigenvalue weighted by Crippen LogP contribution is -2.48. The van der Waals surface area contributed by atoms with Crippen LogP contribution in [0, 0.1) is 19.3 Å². The summed E-state index contributed by atoms with van der Waals surface area (Å²) in [6.45, 7) is 9.22. The maximum absolute atomic E-state index is 13.5. The number of nitrogens with one attached hydrogen (secondary N) is 2.